The highest BCUT2D eigenvalue weighted by Crippen LogP contribution is 2.50. The molecule has 0 aliphatic heterocycles. The second-order valence-corrected chi connectivity index (χ2v) is 6.79. The molecule has 1 aliphatic rings. The zero-order chi connectivity index (χ0) is 16.9. The van der Waals surface area contributed by atoms with Gasteiger partial charge in [-0.05, 0) is 49.2 Å². The monoisotopic (exact) mass is 342 g/mol. The van der Waals surface area contributed by atoms with Gasteiger partial charge in [0.1, 0.15) is 11.2 Å². The summed E-state index contributed by atoms with van der Waals surface area (Å²) in [5.74, 6) is 6.29. The number of carbonyl (C=O) groups is 1. The van der Waals surface area contributed by atoms with E-state index in [-0.39, 0.29) is 0 Å². The number of carboxylic acid groups (broad SMARTS) is 1. The maximum Gasteiger partial charge on any atom is 0.317 e. The topological polar surface area (TPSA) is 88.5 Å². The van der Waals surface area contributed by atoms with Crippen molar-refractivity contribution >= 4 is 34.4 Å². The van der Waals surface area contributed by atoms with Crippen LogP contribution in [0.3, 0.4) is 0 Å². The summed E-state index contributed by atoms with van der Waals surface area (Å²) in [6, 6.07) is 3.49. The van der Waals surface area contributed by atoms with Gasteiger partial charge in [0.2, 0.25) is 0 Å². The Morgan fingerprint density at radius 2 is 2.17 bits per heavy atom. The number of furan rings is 2. The van der Waals surface area contributed by atoms with Crippen molar-refractivity contribution in [2.24, 2.45) is 0 Å². The third-order valence-corrected chi connectivity index (χ3v) is 5.01. The van der Waals surface area contributed by atoms with Crippen LogP contribution < -0.4 is 5.32 Å². The molecular weight excluding hydrogens is 328 g/mol. The Labute approximate surface area is 141 Å². The van der Waals surface area contributed by atoms with Gasteiger partial charge in [-0.25, -0.2) is 0 Å². The molecule has 3 aromatic rings. The van der Waals surface area contributed by atoms with Crippen molar-refractivity contribution < 1.29 is 18.7 Å². The van der Waals surface area contributed by atoms with Crippen LogP contribution in [0.1, 0.15) is 34.9 Å². The van der Waals surface area contributed by atoms with E-state index in [0.717, 1.165) is 16.0 Å². The van der Waals surface area contributed by atoms with Crippen LogP contribution in [0.5, 0.6) is 0 Å². The van der Waals surface area contributed by atoms with Crippen molar-refractivity contribution in [3.05, 3.63) is 34.2 Å². The fourth-order valence-corrected chi connectivity index (χ4v) is 3.36. The molecule has 0 bridgehead atoms. The van der Waals surface area contributed by atoms with E-state index in [2.05, 4.69) is 21.5 Å². The molecule has 0 spiro atoms. The maximum atomic E-state index is 11.3. The van der Waals surface area contributed by atoms with Crippen molar-refractivity contribution in [2.45, 2.75) is 25.2 Å². The summed E-state index contributed by atoms with van der Waals surface area (Å²) in [4.78, 5) is 12.4. The minimum Gasteiger partial charge on any atom is -0.480 e. The first-order valence-corrected chi connectivity index (χ1v) is 8.24. The van der Waals surface area contributed by atoms with Gasteiger partial charge in [-0.3, -0.25) is 4.79 Å². The molecule has 3 heterocycles. The number of anilines is 1. The molecule has 6 nitrogen and oxygen atoms in total. The molecule has 0 saturated heterocycles. The highest BCUT2D eigenvalue weighted by molar-refractivity contribution is 7.06. The first-order valence-electron chi connectivity index (χ1n) is 7.47. The van der Waals surface area contributed by atoms with Gasteiger partial charge in [0, 0.05) is 18.0 Å². The van der Waals surface area contributed by atoms with Gasteiger partial charge in [-0.15, -0.1) is 0 Å². The lowest BCUT2D eigenvalue weighted by atomic mass is 10.0. The molecule has 3 aromatic heterocycles. The molecule has 0 aromatic carbocycles. The second-order valence-electron chi connectivity index (χ2n) is 5.81. The number of aliphatic carboxylic acids is 1. The van der Waals surface area contributed by atoms with Gasteiger partial charge < -0.3 is 19.3 Å². The second kappa shape index (κ2) is 5.14. The summed E-state index contributed by atoms with van der Waals surface area (Å²) >= 11 is 1.39. The maximum absolute atomic E-state index is 11.3. The van der Waals surface area contributed by atoms with Gasteiger partial charge in [0.05, 0.1) is 11.1 Å². The molecule has 122 valence electrons. The van der Waals surface area contributed by atoms with Crippen LogP contribution in [-0.4, -0.2) is 22.5 Å². The van der Waals surface area contributed by atoms with Crippen LogP contribution in [0.4, 0.5) is 5.69 Å². The Balaban J connectivity index is 1.64. The number of nitrogens with one attached hydrogen (secondary N) is 1. The Bertz CT molecular complexity index is 979. The molecule has 0 unspecified atom stereocenters. The molecule has 0 radical (unpaired) electrons. The Morgan fingerprint density at radius 3 is 2.79 bits per heavy atom. The molecule has 0 amide bonds. The minimum atomic E-state index is -0.868. The molecule has 24 heavy (non-hydrogen) atoms. The number of fused-ring (bicyclic) bond motifs is 1. The molecule has 2 N–H and O–H groups in total. The number of aromatic nitrogens is 1. The Kier molecular flexibility index (Phi) is 3.18. The van der Waals surface area contributed by atoms with Crippen LogP contribution in [0.2, 0.25) is 0 Å². The number of rotatable bonds is 3. The summed E-state index contributed by atoms with van der Waals surface area (Å²) in [7, 11) is 1.83. The fourth-order valence-electron chi connectivity index (χ4n) is 2.70. The number of hydrogen-bond acceptors (Lipinski definition) is 6. The van der Waals surface area contributed by atoms with E-state index in [9.17, 15) is 9.90 Å². The third-order valence-electron chi connectivity index (χ3n) is 4.26. The normalized spacial score (nSPS) is 15.1. The van der Waals surface area contributed by atoms with E-state index >= 15 is 0 Å². The molecule has 1 aliphatic carbocycles. The minimum absolute atomic E-state index is 0.310. The van der Waals surface area contributed by atoms with Crippen LogP contribution in [-0.2, 0) is 10.2 Å². The molecule has 1 fully saturated rings. The standard InChI is InChI=1S/C17H14N2O4S/c1-9-14(18-2)12(19-24-9)4-3-11-7-10-8-13(23-15(10)22-11)17(5-6-17)16(20)21/h7-8,18H,5-6H2,1-2H3,(H,20,21). The van der Waals surface area contributed by atoms with E-state index in [4.69, 9.17) is 8.83 Å². The summed E-state index contributed by atoms with van der Waals surface area (Å²) in [5, 5.41) is 13.1. The van der Waals surface area contributed by atoms with E-state index in [0.29, 0.717) is 35.8 Å². The predicted octanol–water partition coefficient (Wildman–Crippen LogP) is 3.35. The largest absolute Gasteiger partial charge is 0.480 e. The quantitative estimate of drug-likeness (QED) is 0.710. The first-order chi connectivity index (χ1) is 11.5. The van der Waals surface area contributed by atoms with Gasteiger partial charge in [-0.2, -0.15) is 4.37 Å². The van der Waals surface area contributed by atoms with Crippen molar-refractivity contribution in [2.75, 3.05) is 12.4 Å². The van der Waals surface area contributed by atoms with Gasteiger partial charge in [0.25, 0.3) is 5.78 Å². The van der Waals surface area contributed by atoms with Crippen LogP contribution in [0.15, 0.2) is 21.0 Å². The summed E-state index contributed by atoms with van der Waals surface area (Å²) in [6.45, 7) is 1.98. The van der Waals surface area contributed by atoms with Crippen molar-refractivity contribution in [3.63, 3.8) is 0 Å². The zero-order valence-electron chi connectivity index (χ0n) is 13.1. The fraction of sp³-hybridized carbons (Fsp3) is 0.294. The zero-order valence-corrected chi connectivity index (χ0v) is 13.9. The average molecular weight is 342 g/mol. The lowest BCUT2D eigenvalue weighted by molar-refractivity contribution is -0.140. The van der Waals surface area contributed by atoms with Crippen LogP contribution in [0.25, 0.3) is 11.2 Å². The summed E-state index contributed by atoms with van der Waals surface area (Å²) in [5.41, 5.74) is 0.728. The van der Waals surface area contributed by atoms with Crippen molar-refractivity contribution in [3.8, 4) is 11.8 Å². The smallest absolute Gasteiger partial charge is 0.317 e. The van der Waals surface area contributed by atoms with Gasteiger partial charge >= 0.3 is 5.97 Å². The lowest BCUT2D eigenvalue weighted by Gasteiger charge is -2.03. The van der Waals surface area contributed by atoms with Gasteiger partial charge in [0.15, 0.2) is 11.5 Å². The number of hydrogen-bond donors (Lipinski definition) is 2. The highest BCUT2D eigenvalue weighted by atomic mass is 32.1. The van der Waals surface area contributed by atoms with E-state index < -0.39 is 11.4 Å². The summed E-state index contributed by atoms with van der Waals surface area (Å²) < 4.78 is 15.5. The molecular formula is C17H14N2O4S. The van der Waals surface area contributed by atoms with Gasteiger partial charge in [-0.1, -0.05) is 0 Å². The molecule has 4 rings (SSSR count). The number of carboxylic acids is 1. The predicted molar refractivity (Wildman–Crippen MR) is 89.4 cm³/mol. The van der Waals surface area contributed by atoms with Crippen LogP contribution in [0, 0.1) is 18.8 Å². The Morgan fingerprint density at radius 1 is 1.38 bits per heavy atom. The highest BCUT2D eigenvalue weighted by Gasteiger charge is 2.54. The lowest BCUT2D eigenvalue weighted by Crippen LogP contribution is -2.18. The number of aryl methyl sites for hydroxylation is 1. The van der Waals surface area contributed by atoms with E-state index in [1.54, 1.807) is 12.1 Å². The van der Waals surface area contributed by atoms with Crippen LogP contribution >= 0.6 is 11.5 Å². The molecule has 7 heteroatoms. The Hall–Kier alpha value is -2.72. The first kappa shape index (κ1) is 14.8. The summed E-state index contributed by atoms with van der Waals surface area (Å²) in [6.07, 6.45) is 1.20. The SMILES string of the molecule is CNc1c(C#Cc2cc3cc(C4(C(=O)O)CC4)oc3o2)nsc1C. The number of nitrogens with zero attached hydrogens (tertiary/aromatic N) is 1. The van der Waals surface area contributed by atoms with Crippen molar-refractivity contribution in [1.82, 2.24) is 4.37 Å². The molecule has 0 atom stereocenters. The van der Waals surface area contributed by atoms with E-state index in [1.807, 2.05) is 14.0 Å². The van der Waals surface area contributed by atoms with E-state index in [1.165, 1.54) is 11.5 Å². The molecule has 1 saturated carbocycles. The average Bonchev–Trinajstić information content (AvgIpc) is 2.96. The van der Waals surface area contributed by atoms with Crippen molar-refractivity contribution in [1.29, 1.82) is 0 Å². The third kappa shape index (κ3) is 2.19.